The molecule has 0 unspecified atom stereocenters. The molecule has 3 heterocycles. The molecule has 200 valence electrons. The summed E-state index contributed by atoms with van der Waals surface area (Å²) in [4.78, 5) is 40.5. The largest absolute Gasteiger partial charge is 0.347 e. The van der Waals surface area contributed by atoms with Gasteiger partial charge in [-0.1, -0.05) is 30.8 Å². The van der Waals surface area contributed by atoms with Crippen LogP contribution in [0.25, 0.3) is 27.8 Å². The summed E-state index contributed by atoms with van der Waals surface area (Å²) < 4.78 is 2.08. The summed E-state index contributed by atoms with van der Waals surface area (Å²) in [6, 6.07) is 17.1. The van der Waals surface area contributed by atoms with Gasteiger partial charge in [0.1, 0.15) is 6.04 Å². The molecule has 1 saturated carbocycles. The topological polar surface area (TPSA) is 92.5 Å². The van der Waals surface area contributed by atoms with Crippen molar-refractivity contribution in [3.8, 4) is 11.1 Å². The van der Waals surface area contributed by atoms with E-state index in [-0.39, 0.29) is 17.2 Å². The average molecular weight is 531 g/mol. The molecule has 2 amide bonds. The first-order valence-electron chi connectivity index (χ1n) is 13.2. The minimum atomic E-state index is -0.776. The van der Waals surface area contributed by atoms with Crippen LogP contribution in [0.3, 0.4) is 0 Å². The molecule has 1 fully saturated rings. The molecule has 1 atom stereocenters. The van der Waals surface area contributed by atoms with Gasteiger partial charge >= 0.3 is 0 Å². The number of likely N-dealkylation sites (N-methyl/N-ethyl adjacent to an activating group) is 1. The Labute approximate surface area is 232 Å². The van der Waals surface area contributed by atoms with E-state index >= 15 is 0 Å². The Morgan fingerprint density at radius 1 is 1.00 bits per heavy atom. The van der Waals surface area contributed by atoms with Gasteiger partial charge in [-0.15, -0.1) is 0 Å². The lowest BCUT2D eigenvalue weighted by molar-refractivity contribution is -0.129. The number of hydrogen-bond acceptors (Lipinski definition) is 5. The van der Waals surface area contributed by atoms with Crippen LogP contribution < -0.4 is 5.32 Å². The summed E-state index contributed by atoms with van der Waals surface area (Å²) in [6.45, 7) is 5.59. The quantitative estimate of drug-likeness (QED) is 0.306. The van der Waals surface area contributed by atoms with Gasteiger partial charge in [0.2, 0.25) is 11.7 Å². The predicted molar refractivity (Wildman–Crippen MR) is 155 cm³/mol. The maximum atomic E-state index is 12.9. The van der Waals surface area contributed by atoms with Gasteiger partial charge in [-0.25, -0.2) is 9.97 Å². The van der Waals surface area contributed by atoms with Gasteiger partial charge in [-0.05, 0) is 66.8 Å². The normalized spacial score (nSPS) is 14.6. The summed E-state index contributed by atoms with van der Waals surface area (Å²) in [5.41, 5.74) is 6.14. The van der Waals surface area contributed by atoms with E-state index in [1.54, 1.807) is 39.3 Å². The van der Waals surface area contributed by atoms with E-state index in [4.69, 9.17) is 0 Å². The molecule has 8 heteroatoms. The molecule has 5 aromatic rings. The van der Waals surface area contributed by atoms with Gasteiger partial charge in [0.25, 0.3) is 5.91 Å². The fraction of sp³-hybridized carbons (Fsp3) is 0.219. The van der Waals surface area contributed by atoms with Crippen LogP contribution in [0.4, 0.5) is 0 Å². The maximum absolute atomic E-state index is 12.9. The number of carbonyl (C=O) groups excluding carboxylic acids is 2. The van der Waals surface area contributed by atoms with Crippen LogP contribution in [0.5, 0.6) is 0 Å². The lowest BCUT2D eigenvalue weighted by atomic mass is 9.91. The monoisotopic (exact) mass is 530 g/mol. The molecule has 0 aliphatic heterocycles. The molecule has 40 heavy (non-hydrogen) atoms. The second-order valence-corrected chi connectivity index (χ2v) is 10.7. The summed E-state index contributed by atoms with van der Waals surface area (Å²) in [5.74, 6) is 0.100. The minimum Gasteiger partial charge on any atom is -0.347 e. The third-order valence-corrected chi connectivity index (χ3v) is 7.70. The molecule has 1 aliphatic rings. The maximum Gasteiger partial charge on any atom is 0.252 e. The number of nitrogens with one attached hydrogen (secondary N) is 1. The van der Waals surface area contributed by atoms with Crippen molar-refractivity contribution in [2.45, 2.75) is 31.2 Å². The van der Waals surface area contributed by atoms with Gasteiger partial charge in [0.05, 0.1) is 17.4 Å². The molecule has 8 nitrogen and oxygen atoms in total. The molecule has 1 aliphatic carbocycles. The van der Waals surface area contributed by atoms with E-state index in [0.717, 1.165) is 40.6 Å². The van der Waals surface area contributed by atoms with E-state index in [1.165, 1.54) is 10.5 Å². The molecule has 0 radical (unpaired) electrons. The van der Waals surface area contributed by atoms with E-state index < -0.39 is 6.04 Å². The standard InChI is InChI=1S/C32H30N6O2/c1-20(2)28(30(40)37(3)4)36-29(39)22-9-7-21(8-10-22)24-17-34-31-35-18-27(38(31)19-24)32(13-14-32)25-11-12-26-23(16-25)6-5-15-33-26/h5-12,15-19,28H,1,13-14H2,2-4H3,(H,36,39)/t28-/m0/s1. The van der Waals surface area contributed by atoms with Crippen LogP contribution in [-0.2, 0) is 10.2 Å². The molecular formula is C32H30N6O2. The first-order valence-corrected chi connectivity index (χ1v) is 13.2. The van der Waals surface area contributed by atoms with Crippen molar-refractivity contribution < 1.29 is 9.59 Å². The van der Waals surface area contributed by atoms with Gasteiger partial charge < -0.3 is 10.2 Å². The third kappa shape index (κ3) is 4.41. The summed E-state index contributed by atoms with van der Waals surface area (Å²) in [7, 11) is 3.31. The number of rotatable bonds is 7. The SMILES string of the molecule is C=C(C)[C@H](NC(=O)c1ccc(-c2cnc3ncc(C4(c5ccc6ncccc6c5)CC4)n3c2)cc1)C(=O)N(C)C. The van der Waals surface area contributed by atoms with Crippen molar-refractivity contribution in [1.29, 1.82) is 0 Å². The number of pyridine rings is 1. The van der Waals surface area contributed by atoms with E-state index in [9.17, 15) is 9.59 Å². The highest BCUT2D eigenvalue weighted by molar-refractivity contribution is 5.98. The summed E-state index contributed by atoms with van der Waals surface area (Å²) in [5, 5.41) is 3.92. The summed E-state index contributed by atoms with van der Waals surface area (Å²) >= 11 is 0. The van der Waals surface area contributed by atoms with E-state index in [0.29, 0.717) is 16.9 Å². The lowest BCUT2D eigenvalue weighted by Gasteiger charge is -2.22. The van der Waals surface area contributed by atoms with Crippen molar-refractivity contribution in [1.82, 2.24) is 29.6 Å². The fourth-order valence-electron chi connectivity index (χ4n) is 5.25. The molecule has 2 aromatic carbocycles. The number of fused-ring (bicyclic) bond motifs is 2. The van der Waals surface area contributed by atoms with E-state index in [2.05, 4.69) is 61.7 Å². The zero-order chi connectivity index (χ0) is 28.0. The smallest absolute Gasteiger partial charge is 0.252 e. The Kier molecular flexibility index (Phi) is 6.18. The average Bonchev–Trinajstić information content (AvgIpc) is 3.66. The van der Waals surface area contributed by atoms with Crippen molar-refractivity contribution in [2.24, 2.45) is 0 Å². The molecule has 1 N–H and O–H groups in total. The predicted octanol–water partition coefficient (Wildman–Crippen LogP) is 4.79. The highest BCUT2D eigenvalue weighted by Gasteiger charge is 2.48. The molecule has 0 spiro atoms. The number of imidazole rings is 1. The number of aromatic nitrogens is 4. The zero-order valence-corrected chi connectivity index (χ0v) is 22.8. The Bertz CT molecular complexity index is 1780. The first-order chi connectivity index (χ1) is 19.3. The number of hydrogen-bond donors (Lipinski definition) is 1. The van der Waals surface area contributed by atoms with Crippen molar-refractivity contribution in [3.63, 3.8) is 0 Å². The molecule has 6 rings (SSSR count). The van der Waals surface area contributed by atoms with Crippen LogP contribution in [-0.4, -0.2) is 56.2 Å². The van der Waals surface area contributed by atoms with Gasteiger partial charge in [0, 0.05) is 54.6 Å². The second kappa shape index (κ2) is 9.72. The first kappa shape index (κ1) is 25.4. The Balaban J connectivity index is 1.28. The second-order valence-electron chi connectivity index (χ2n) is 10.7. The number of amides is 2. The van der Waals surface area contributed by atoms with Gasteiger partial charge in [0.15, 0.2) is 0 Å². The number of nitrogens with zero attached hydrogens (tertiary/aromatic N) is 5. The fourth-order valence-corrected chi connectivity index (χ4v) is 5.25. The van der Waals surface area contributed by atoms with Crippen LogP contribution in [0.2, 0.25) is 0 Å². The van der Waals surface area contributed by atoms with Crippen molar-refractivity contribution in [3.05, 3.63) is 108 Å². The lowest BCUT2D eigenvalue weighted by Crippen LogP contribution is -2.46. The van der Waals surface area contributed by atoms with E-state index in [1.807, 2.05) is 30.6 Å². The van der Waals surface area contributed by atoms with Crippen LogP contribution in [0.15, 0.2) is 91.5 Å². The zero-order valence-electron chi connectivity index (χ0n) is 22.8. The Morgan fingerprint density at radius 2 is 1.75 bits per heavy atom. The van der Waals surface area contributed by atoms with Crippen LogP contribution in [0.1, 0.15) is 41.4 Å². The van der Waals surface area contributed by atoms with Crippen LogP contribution >= 0.6 is 0 Å². The van der Waals surface area contributed by atoms with Gasteiger partial charge in [-0.3, -0.25) is 19.0 Å². The molecule has 0 saturated heterocycles. The molecule has 0 bridgehead atoms. The van der Waals surface area contributed by atoms with Gasteiger partial charge in [-0.2, -0.15) is 0 Å². The highest BCUT2D eigenvalue weighted by atomic mass is 16.2. The Morgan fingerprint density at radius 3 is 2.45 bits per heavy atom. The number of benzene rings is 2. The van der Waals surface area contributed by atoms with Crippen molar-refractivity contribution in [2.75, 3.05) is 14.1 Å². The summed E-state index contributed by atoms with van der Waals surface area (Å²) in [6.07, 6.45) is 9.71. The minimum absolute atomic E-state index is 0.102. The van der Waals surface area contributed by atoms with Crippen molar-refractivity contribution >= 4 is 28.5 Å². The molecule has 3 aromatic heterocycles. The number of carbonyl (C=O) groups is 2. The Hall–Kier alpha value is -4.85. The highest BCUT2D eigenvalue weighted by Crippen LogP contribution is 2.53. The van der Waals surface area contributed by atoms with Crippen LogP contribution in [0, 0.1) is 0 Å². The third-order valence-electron chi connectivity index (χ3n) is 7.70. The molecular weight excluding hydrogens is 500 g/mol.